The van der Waals surface area contributed by atoms with Crippen molar-refractivity contribution in [2.45, 2.75) is 33.3 Å². The Bertz CT molecular complexity index is 1030. The molecule has 0 aliphatic carbocycles. The molecule has 3 aromatic rings. The molecule has 0 fully saturated rings. The highest BCUT2D eigenvalue weighted by molar-refractivity contribution is 6.33. The van der Waals surface area contributed by atoms with Crippen molar-refractivity contribution in [2.24, 2.45) is 0 Å². The van der Waals surface area contributed by atoms with Crippen molar-refractivity contribution >= 4 is 17.6 Å². The van der Waals surface area contributed by atoms with E-state index >= 15 is 0 Å². The summed E-state index contributed by atoms with van der Waals surface area (Å²) in [7, 11) is 1.59. The van der Waals surface area contributed by atoms with E-state index < -0.39 is 17.4 Å². The highest BCUT2D eigenvalue weighted by Gasteiger charge is 2.28. The van der Waals surface area contributed by atoms with Crippen LogP contribution in [0.5, 0.6) is 5.75 Å². The van der Waals surface area contributed by atoms with Crippen LogP contribution in [0.3, 0.4) is 0 Å². The van der Waals surface area contributed by atoms with Crippen LogP contribution >= 0.6 is 11.6 Å². The zero-order valence-corrected chi connectivity index (χ0v) is 17.8. The number of benzene rings is 2. The fraction of sp³-hybridized carbons (Fsp3) is 0.261. The van der Waals surface area contributed by atoms with Gasteiger partial charge in [0.1, 0.15) is 17.2 Å². The van der Waals surface area contributed by atoms with Gasteiger partial charge in [-0.15, -0.1) is 0 Å². The second kappa shape index (κ2) is 7.91. The van der Waals surface area contributed by atoms with Crippen LogP contribution in [0.25, 0.3) is 16.8 Å². The Labute approximate surface area is 174 Å². The summed E-state index contributed by atoms with van der Waals surface area (Å²) in [6, 6.07) is 11.8. The molecule has 0 unspecified atom stereocenters. The molecular formula is C23H23ClFNO3. The zero-order chi connectivity index (χ0) is 21.3. The maximum absolute atomic E-state index is 14.7. The lowest BCUT2D eigenvalue weighted by Gasteiger charge is -2.20. The molecule has 1 heterocycles. The summed E-state index contributed by atoms with van der Waals surface area (Å²) in [6.07, 6.45) is 1.71. The van der Waals surface area contributed by atoms with Gasteiger partial charge in [0.15, 0.2) is 0 Å². The number of aromatic nitrogens is 1. The molecule has 0 atom stereocenters. The predicted octanol–water partition coefficient (Wildman–Crippen LogP) is 6.21. The molecule has 0 bridgehead atoms. The Morgan fingerprint density at radius 2 is 1.76 bits per heavy atom. The van der Waals surface area contributed by atoms with Crippen LogP contribution in [0.4, 0.5) is 4.39 Å². The van der Waals surface area contributed by atoms with Crippen LogP contribution in [-0.4, -0.2) is 23.2 Å². The molecule has 3 rings (SSSR count). The van der Waals surface area contributed by atoms with Crippen molar-refractivity contribution in [2.75, 3.05) is 7.11 Å². The van der Waals surface area contributed by atoms with Crippen LogP contribution in [-0.2, 0) is 4.74 Å². The lowest BCUT2D eigenvalue weighted by molar-refractivity contribution is 0.00697. The van der Waals surface area contributed by atoms with Gasteiger partial charge in [0, 0.05) is 28.7 Å². The van der Waals surface area contributed by atoms with Gasteiger partial charge in [-0.05, 0) is 64.1 Å². The van der Waals surface area contributed by atoms with Gasteiger partial charge in [-0.1, -0.05) is 17.7 Å². The van der Waals surface area contributed by atoms with Crippen LogP contribution in [0, 0.1) is 12.7 Å². The normalized spacial score (nSPS) is 11.4. The first-order valence-corrected chi connectivity index (χ1v) is 9.54. The number of carbonyl (C=O) groups is 1. The molecule has 152 valence electrons. The highest BCUT2D eigenvalue weighted by Crippen LogP contribution is 2.37. The number of methoxy groups -OCH3 is 1. The van der Waals surface area contributed by atoms with E-state index in [1.807, 2.05) is 28.8 Å². The van der Waals surface area contributed by atoms with Crippen molar-refractivity contribution in [3.63, 3.8) is 0 Å². The summed E-state index contributed by atoms with van der Waals surface area (Å²) in [5, 5.41) is 0.224. The standard InChI is InChI=1S/C23H23ClFNO3/c1-14-20(22(27)29-23(2,3)4)17(21-18(24)7-6-8-19(21)25)13-26(14)15-9-11-16(28-5)12-10-15/h6-13H,1-5H3. The maximum Gasteiger partial charge on any atom is 0.341 e. The van der Waals surface area contributed by atoms with Gasteiger partial charge in [-0.2, -0.15) is 0 Å². The maximum atomic E-state index is 14.7. The summed E-state index contributed by atoms with van der Waals surface area (Å²) in [5.41, 5.74) is 1.57. The Morgan fingerprint density at radius 3 is 2.31 bits per heavy atom. The van der Waals surface area contributed by atoms with Crippen LogP contribution in [0.1, 0.15) is 36.8 Å². The van der Waals surface area contributed by atoms with Crippen molar-refractivity contribution in [3.8, 4) is 22.6 Å². The van der Waals surface area contributed by atoms with E-state index in [4.69, 9.17) is 21.1 Å². The van der Waals surface area contributed by atoms with Crippen molar-refractivity contribution in [1.82, 2.24) is 4.57 Å². The molecule has 0 N–H and O–H groups in total. The Morgan fingerprint density at radius 1 is 1.10 bits per heavy atom. The fourth-order valence-corrected chi connectivity index (χ4v) is 3.41. The van der Waals surface area contributed by atoms with Crippen LogP contribution < -0.4 is 4.74 Å². The van der Waals surface area contributed by atoms with E-state index in [1.54, 1.807) is 47.1 Å². The van der Waals surface area contributed by atoms with Crippen molar-refractivity contribution in [1.29, 1.82) is 0 Å². The number of rotatable bonds is 4. The molecule has 0 aliphatic heterocycles. The second-order valence-electron chi connectivity index (χ2n) is 7.67. The number of esters is 1. The van der Waals surface area contributed by atoms with E-state index in [1.165, 1.54) is 12.1 Å². The largest absolute Gasteiger partial charge is 0.497 e. The monoisotopic (exact) mass is 415 g/mol. The van der Waals surface area contributed by atoms with Gasteiger partial charge in [-0.25, -0.2) is 9.18 Å². The lowest BCUT2D eigenvalue weighted by atomic mass is 10.0. The van der Waals surface area contributed by atoms with Gasteiger partial charge in [0.25, 0.3) is 0 Å². The Balaban J connectivity index is 2.24. The molecular weight excluding hydrogens is 393 g/mol. The molecule has 0 saturated carbocycles. The van der Waals surface area contributed by atoms with Gasteiger partial charge in [-0.3, -0.25) is 0 Å². The van der Waals surface area contributed by atoms with Gasteiger partial charge in [0.2, 0.25) is 0 Å². The van der Waals surface area contributed by atoms with Crippen LogP contribution in [0.2, 0.25) is 5.02 Å². The first-order chi connectivity index (χ1) is 13.6. The molecule has 0 spiro atoms. The van der Waals surface area contributed by atoms with E-state index in [-0.39, 0.29) is 16.1 Å². The molecule has 4 nitrogen and oxygen atoms in total. The van der Waals surface area contributed by atoms with Gasteiger partial charge in [0.05, 0.1) is 17.7 Å². The molecule has 0 aliphatic rings. The van der Waals surface area contributed by atoms with Gasteiger partial charge >= 0.3 is 5.97 Å². The third-order valence-corrected chi connectivity index (χ3v) is 4.75. The highest BCUT2D eigenvalue weighted by atomic mass is 35.5. The summed E-state index contributed by atoms with van der Waals surface area (Å²) in [5.74, 6) is -0.325. The van der Waals surface area contributed by atoms with Crippen molar-refractivity contribution < 1.29 is 18.7 Å². The summed E-state index contributed by atoms with van der Waals surface area (Å²) >= 11 is 6.30. The topological polar surface area (TPSA) is 40.5 Å². The molecule has 6 heteroatoms. The molecule has 1 aromatic heterocycles. The number of halogens is 2. The number of carbonyl (C=O) groups excluding carboxylic acids is 1. The summed E-state index contributed by atoms with van der Waals surface area (Å²) in [4.78, 5) is 13.0. The van der Waals surface area contributed by atoms with E-state index in [0.717, 1.165) is 5.69 Å². The summed E-state index contributed by atoms with van der Waals surface area (Å²) < 4.78 is 27.3. The lowest BCUT2D eigenvalue weighted by Crippen LogP contribution is -2.24. The van der Waals surface area contributed by atoms with E-state index in [0.29, 0.717) is 17.0 Å². The molecule has 0 amide bonds. The quantitative estimate of drug-likeness (QED) is 0.475. The fourth-order valence-electron chi connectivity index (χ4n) is 3.15. The molecule has 2 aromatic carbocycles. The Hall–Kier alpha value is -2.79. The molecule has 0 radical (unpaired) electrons. The third-order valence-electron chi connectivity index (χ3n) is 4.44. The minimum absolute atomic E-state index is 0.172. The first-order valence-electron chi connectivity index (χ1n) is 9.16. The molecule has 0 saturated heterocycles. The average Bonchev–Trinajstić information content (AvgIpc) is 2.97. The zero-order valence-electron chi connectivity index (χ0n) is 17.0. The van der Waals surface area contributed by atoms with Crippen LogP contribution in [0.15, 0.2) is 48.7 Å². The number of hydrogen-bond acceptors (Lipinski definition) is 3. The Kier molecular flexibility index (Phi) is 5.71. The number of nitrogens with zero attached hydrogens (tertiary/aromatic N) is 1. The third kappa shape index (κ3) is 4.30. The number of ether oxygens (including phenoxy) is 2. The second-order valence-corrected chi connectivity index (χ2v) is 8.08. The first kappa shape index (κ1) is 20.9. The predicted molar refractivity (Wildman–Crippen MR) is 113 cm³/mol. The van der Waals surface area contributed by atoms with E-state index in [9.17, 15) is 9.18 Å². The minimum Gasteiger partial charge on any atom is -0.497 e. The smallest absolute Gasteiger partial charge is 0.341 e. The SMILES string of the molecule is COc1ccc(-n2cc(-c3c(F)cccc3Cl)c(C(=O)OC(C)(C)C)c2C)cc1. The summed E-state index contributed by atoms with van der Waals surface area (Å²) in [6.45, 7) is 7.16. The van der Waals surface area contributed by atoms with Crippen molar-refractivity contribution in [3.05, 3.63) is 70.8 Å². The average molecular weight is 416 g/mol. The minimum atomic E-state index is -0.692. The van der Waals surface area contributed by atoms with E-state index in [2.05, 4.69) is 0 Å². The number of hydrogen-bond donors (Lipinski definition) is 0. The van der Waals surface area contributed by atoms with Gasteiger partial charge < -0.3 is 14.0 Å². The molecule has 29 heavy (non-hydrogen) atoms.